The quantitative estimate of drug-likeness (QED) is 0.592. The third-order valence-electron chi connectivity index (χ3n) is 2.21. The van der Waals surface area contributed by atoms with Crippen LogP contribution in [0.1, 0.15) is 19.3 Å². The molecule has 0 saturated heterocycles. The van der Waals surface area contributed by atoms with Crippen molar-refractivity contribution in [3.05, 3.63) is 0 Å². The Labute approximate surface area is 59.7 Å². The lowest BCUT2D eigenvalue weighted by molar-refractivity contribution is -0.143. The molecule has 3 nitrogen and oxygen atoms in total. The van der Waals surface area contributed by atoms with Gasteiger partial charge in [-0.3, -0.25) is 4.79 Å². The van der Waals surface area contributed by atoms with Crippen molar-refractivity contribution in [3.8, 4) is 0 Å². The fourth-order valence-corrected chi connectivity index (χ4v) is 1.58. The lowest BCUT2D eigenvalue weighted by Gasteiger charge is -2.10. The van der Waals surface area contributed by atoms with Gasteiger partial charge in [0.05, 0.1) is 5.92 Å². The van der Waals surface area contributed by atoms with Crippen molar-refractivity contribution in [2.75, 3.05) is 6.61 Å². The first kappa shape index (κ1) is 7.54. The molecule has 0 aromatic carbocycles. The minimum Gasteiger partial charge on any atom is -0.481 e. The molecule has 1 fully saturated rings. The molecular formula is C7H12O3. The highest BCUT2D eigenvalue weighted by atomic mass is 16.4. The van der Waals surface area contributed by atoms with Crippen LogP contribution < -0.4 is 0 Å². The fourth-order valence-electron chi connectivity index (χ4n) is 1.58. The molecule has 1 saturated carbocycles. The molecule has 10 heavy (non-hydrogen) atoms. The van der Waals surface area contributed by atoms with Crippen molar-refractivity contribution in [2.45, 2.75) is 19.3 Å². The van der Waals surface area contributed by atoms with Crippen molar-refractivity contribution >= 4 is 5.97 Å². The molecular weight excluding hydrogens is 132 g/mol. The summed E-state index contributed by atoms with van der Waals surface area (Å²) in [6.45, 7) is 0.0248. The molecule has 0 unspecified atom stereocenters. The number of rotatable bonds is 2. The van der Waals surface area contributed by atoms with Gasteiger partial charge in [0, 0.05) is 6.61 Å². The van der Waals surface area contributed by atoms with E-state index in [1.54, 1.807) is 0 Å². The maximum absolute atomic E-state index is 10.5. The van der Waals surface area contributed by atoms with Crippen LogP contribution in [-0.2, 0) is 4.79 Å². The minimum atomic E-state index is -0.753. The third-order valence-corrected chi connectivity index (χ3v) is 2.21. The molecule has 58 valence electrons. The van der Waals surface area contributed by atoms with Gasteiger partial charge in [-0.1, -0.05) is 6.42 Å². The van der Waals surface area contributed by atoms with Crippen molar-refractivity contribution in [1.82, 2.24) is 0 Å². The van der Waals surface area contributed by atoms with E-state index in [4.69, 9.17) is 10.2 Å². The minimum absolute atomic E-state index is 0.0116. The molecule has 0 amide bonds. The summed E-state index contributed by atoms with van der Waals surface area (Å²) in [7, 11) is 0. The van der Waals surface area contributed by atoms with Gasteiger partial charge in [0.2, 0.25) is 0 Å². The highest BCUT2D eigenvalue weighted by Crippen LogP contribution is 2.31. The number of aliphatic hydroxyl groups excluding tert-OH is 1. The van der Waals surface area contributed by atoms with Crippen LogP contribution in [0, 0.1) is 11.8 Å². The van der Waals surface area contributed by atoms with E-state index in [1.165, 1.54) is 0 Å². The van der Waals surface area contributed by atoms with Crippen molar-refractivity contribution in [3.63, 3.8) is 0 Å². The molecule has 2 N–H and O–H groups in total. The first-order chi connectivity index (χ1) is 4.75. The standard InChI is InChI=1S/C7H12O3/c8-4-5-2-1-3-6(5)7(9)10/h5-6,8H,1-4H2,(H,9,10)/t5-,6-/m1/s1. The topological polar surface area (TPSA) is 57.5 Å². The maximum Gasteiger partial charge on any atom is 0.306 e. The third kappa shape index (κ3) is 1.29. The van der Waals surface area contributed by atoms with Gasteiger partial charge < -0.3 is 10.2 Å². The van der Waals surface area contributed by atoms with E-state index >= 15 is 0 Å². The van der Waals surface area contributed by atoms with Gasteiger partial charge in [0.25, 0.3) is 0 Å². The Morgan fingerprint density at radius 2 is 2.20 bits per heavy atom. The first-order valence-electron chi connectivity index (χ1n) is 3.59. The van der Waals surface area contributed by atoms with Crippen molar-refractivity contribution in [1.29, 1.82) is 0 Å². The zero-order valence-electron chi connectivity index (χ0n) is 5.79. The maximum atomic E-state index is 10.5. The highest BCUT2D eigenvalue weighted by molar-refractivity contribution is 5.70. The average molecular weight is 144 g/mol. The van der Waals surface area contributed by atoms with E-state index in [0.29, 0.717) is 0 Å². The number of carbonyl (C=O) groups is 1. The molecule has 0 aliphatic heterocycles. The Morgan fingerprint density at radius 1 is 1.50 bits per heavy atom. The summed E-state index contributed by atoms with van der Waals surface area (Å²) in [5.41, 5.74) is 0. The molecule has 0 heterocycles. The van der Waals surface area contributed by atoms with Gasteiger partial charge >= 0.3 is 5.97 Å². The molecule has 0 spiro atoms. The van der Waals surface area contributed by atoms with Gasteiger partial charge in [-0.2, -0.15) is 0 Å². The largest absolute Gasteiger partial charge is 0.481 e. The van der Waals surface area contributed by atoms with Crippen LogP contribution >= 0.6 is 0 Å². The summed E-state index contributed by atoms with van der Waals surface area (Å²) in [5, 5.41) is 17.3. The van der Waals surface area contributed by atoms with Gasteiger partial charge in [-0.05, 0) is 18.8 Å². The molecule has 0 aromatic rings. The monoisotopic (exact) mass is 144 g/mol. The summed E-state index contributed by atoms with van der Waals surface area (Å²) in [6, 6.07) is 0. The van der Waals surface area contributed by atoms with E-state index < -0.39 is 5.97 Å². The molecule has 0 radical (unpaired) electrons. The Balaban J connectivity index is 2.50. The normalized spacial score (nSPS) is 32.5. The molecule has 0 aromatic heterocycles. The predicted octanol–water partition coefficient (Wildman–Crippen LogP) is 0.480. The predicted molar refractivity (Wildman–Crippen MR) is 35.6 cm³/mol. The number of aliphatic carboxylic acids is 1. The molecule has 0 bridgehead atoms. The van der Waals surface area contributed by atoms with Crippen LogP contribution in [0.25, 0.3) is 0 Å². The zero-order valence-corrected chi connectivity index (χ0v) is 5.79. The van der Waals surface area contributed by atoms with Gasteiger partial charge in [-0.25, -0.2) is 0 Å². The number of carboxylic acid groups (broad SMARTS) is 1. The van der Waals surface area contributed by atoms with Crippen LogP contribution in [0.2, 0.25) is 0 Å². The highest BCUT2D eigenvalue weighted by Gasteiger charge is 2.31. The van der Waals surface area contributed by atoms with Crippen molar-refractivity contribution < 1.29 is 15.0 Å². The number of hydrogen-bond donors (Lipinski definition) is 2. The summed E-state index contributed by atoms with van der Waals surface area (Å²) >= 11 is 0. The van der Waals surface area contributed by atoms with Crippen LogP contribution in [0.5, 0.6) is 0 Å². The lowest BCUT2D eigenvalue weighted by Crippen LogP contribution is -2.20. The van der Waals surface area contributed by atoms with Gasteiger partial charge in [0.15, 0.2) is 0 Å². The Kier molecular flexibility index (Phi) is 2.27. The van der Waals surface area contributed by atoms with Gasteiger partial charge in [0.1, 0.15) is 0 Å². The van der Waals surface area contributed by atoms with Crippen LogP contribution in [-0.4, -0.2) is 22.8 Å². The zero-order chi connectivity index (χ0) is 7.56. The second-order valence-corrected chi connectivity index (χ2v) is 2.82. The van der Waals surface area contributed by atoms with Crippen LogP contribution in [0.3, 0.4) is 0 Å². The summed E-state index contributed by atoms with van der Waals surface area (Å²) in [5.74, 6) is -1.03. The van der Waals surface area contributed by atoms with Crippen LogP contribution in [0.4, 0.5) is 0 Å². The van der Waals surface area contributed by atoms with Gasteiger partial charge in [-0.15, -0.1) is 0 Å². The summed E-state index contributed by atoms with van der Waals surface area (Å²) in [6.07, 6.45) is 2.55. The SMILES string of the molecule is O=C(O)[C@@H]1CCC[C@@H]1CO. The lowest BCUT2D eigenvalue weighted by atomic mass is 9.97. The second-order valence-electron chi connectivity index (χ2n) is 2.82. The Bertz CT molecular complexity index is 133. The van der Waals surface area contributed by atoms with E-state index in [1.807, 2.05) is 0 Å². The number of hydrogen-bond acceptors (Lipinski definition) is 2. The van der Waals surface area contributed by atoms with Crippen molar-refractivity contribution in [2.24, 2.45) is 11.8 Å². The summed E-state index contributed by atoms with van der Waals surface area (Å²) in [4.78, 5) is 10.5. The molecule has 1 aliphatic rings. The van der Waals surface area contributed by atoms with E-state index in [9.17, 15) is 4.79 Å². The van der Waals surface area contributed by atoms with E-state index in [2.05, 4.69) is 0 Å². The average Bonchev–Trinajstić information content (AvgIpc) is 2.33. The Hall–Kier alpha value is -0.570. The Morgan fingerprint density at radius 3 is 2.60 bits per heavy atom. The first-order valence-corrected chi connectivity index (χ1v) is 3.59. The second kappa shape index (κ2) is 3.01. The van der Waals surface area contributed by atoms with E-state index in [-0.39, 0.29) is 18.4 Å². The smallest absolute Gasteiger partial charge is 0.306 e. The number of carboxylic acids is 1. The van der Waals surface area contributed by atoms with Crippen LogP contribution in [0.15, 0.2) is 0 Å². The molecule has 1 rings (SSSR count). The van der Waals surface area contributed by atoms with E-state index in [0.717, 1.165) is 19.3 Å². The molecule has 2 atom stereocenters. The number of aliphatic hydroxyl groups is 1. The molecule has 3 heteroatoms. The molecule has 1 aliphatic carbocycles. The summed E-state index contributed by atoms with van der Waals surface area (Å²) < 4.78 is 0. The fraction of sp³-hybridized carbons (Fsp3) is 0.857.